The molecule has 0 amide bonds. The molecule has 0 fully saturated rings. The van der Waals surface area contributed by atoms with Crippen LogP contribution in [0.5, 0.6) is 0 Å². The second kappa shape index (κ2) is 9.51. The molecule has 2 aromatic heterocycles. The maximum atomic E-state index is 8.90. The summed E-state index contributed by atoms with van der Waals surface area (Å²) in [6, 6.07) is 6.96. The van der Waals surface area contributed by atoms with Crippen LogP contribution in [0.4, 0.5) is 0 Å². The third kappa shape index (κ3) is 6.26. The number of aryl methyl sites for hydroxylation is 2. The Kier molecular flexibility index (Phi) is 8.87. The van der Waals surface area contributed by atoms with Crippen molar-refractivity contribution in [3.8, 4) is 0 Å². The molecule has 21 heavy (non-hydrogen) atoms. The van der Waals surface area contributed by atoms with Gasteiger partial charge >= 0.3 is 0 Å². The number of thiocarbonyl (C=S) groups is 2. The summed E-state index contributed by atoms with van der Waals surface area (Å²) in [7, 11) is 0. The first-order valence-electron chi connectivity index (χ1n) is 5.73. The van der Waals surface area contributed by atoms with Crippen LogP contribution in [-0.4, -0.2) is 30.3 Å². The van der Waals surface area contributed by atoms with E-state index in [0.717, 1.165) is 11.4 Å². The SMILES string of the molecule is Cc1ncccc1C(O)=S.Cc1ncccc1C(O)=S.[Co]. The number of nitrogens with zero attached hydrogens (tertiary/aromatic N) is 2. The van der Waals surface area contributed by atoms with Gasteiger partial charge in [-0.2, -0.15) is 0 Å². The van der Waals surface area contributed by atoms with Gasteiger partial charge in [-0.3, -0.25) is 9.97 Å². The summed E-state index contributed by atoms with van der Waals surface area (Å²) < 4.78 is 0. The molecule has 2 N–H and O–H groups in total. The van der Waals surface area contributed by atoms with Crippen LogP contribution in [0.15, 0.2) is 36.7 Å². The van der Waals surface area contributed by atoms with Gasteiger partial charge in [-0.25, -0.2) is 0 Å². The Balaban J connectivity index is 0.000000364. The second-order valence-electron chi connectivity index (χ2n) is 3.88. The summed E-state index contributed by atoms with van der Waals surface area (Å²) in [6.07, 6.45) is 3.33. The first-order valence-corrected chi connectivity index (χ1v) is 6.55. The van der Waals surface area contributed by atoms with Crippen molar-refractivity contribution in [2.75, 3.05) is 0 Å². The van der Waals surface area contributed by atoms with Crippen molar-refractivity contribution >= 4 is 34.5 Å². The maximum Gasteiger partial charge on any atom is 0.190 e. The van der Waals surface area contributed by atoms with Crippen molar-refractivity contribution in [2.45, 2.75) is 13.8 Å². The second-order valence-corrected chi connectivity index (χ2v) is 4.66. The fraction of sp³-hybridized carbons (Fsp3) is 0.143. The van der Waals surface area contributed by atoms with E-state index < -0.39 is 0 Å². The largest absolute Gasteiger partial charge is 0.498 e. The summed E-state index contributed by atoms with van der Waals surface area (Å²) in [5, 5.41) is 17.6. The molecular weight excluding hydrogens is 351 g/mol. The van der Waals surface area contributed by atoms with E-state index in [1.54, 1.807) is 50.5 Å². The van der Waals surface area contributed by atoms with Crippen LogP contribution in [0.25, 0.3) is 0 Å². The van der Waals surface area contributed by atoms with Gasteiger partial charge in [0, 0.05) is 51.7 Å². The standard InChI is InChI=1S/2C7H7NOS.Co/c2*1-5-6(7(9)10)3-2-4-8-5;/h2*2-4H,1H3,(H,9,10);. The Morgan fingerprint density at radius 1 is 0.857 bits per heavy atom. The fourth-order valence-electron chi connectivity index (χ4n) is 1.42. The number of hydrogen-bond acceptors (Lipinski definition) is 4. The Morgan fingerprint density at radius 3 is 1.38 bits per heavy atom. The molecule has 0 aromatic carbocycles. The number of aromatic nitrogens is 2. The van der Waals surface area contributed by atoms with Gasteiger partial charge in [-0.1, -0.05) is 0 Å². The van der Waals surface area contributed by atoms with Crippen LogP contribution in [0, 0.1) is 13.8 Å². The van der Waals surface area contributed by atoms with E-state index in [-0.39, 0.29) is 26.9 Å². The number of aliphatic hydroxyl groups is 2. The molecule has 0 saturated carbocycles. The Morgan fingerprint density at radius 2 is 1.19 bits per heavy atom. The molecular formula is C14H14CoN2O2S2. The summed E-state index contributed by atoms with van der Waals surface area (Å²) in [5.74, 6) is 0. The first kappa shape index (κ1) is 19.6. The van der Waals surface area contributed by atoms with Crippen LogP contribution in [-0.2, 0) is 16.8 Å². The van der Waals surface area contributed by atoms with Crippen molar-refractivity contribution in [3.05, 3.63) is 59.2 Å². The molecule has 4 nitrogen and oxygen atoms in total. The van der Waals surface area contributed by atoms with E-state index >= 15 is 0 Å². The van der Waals surface area contributed by atoms with Crippen LogP contribution < -0.4 is 0 Å². The maximum absolute atomic E-state index is 8.90. The van der Waals surface area contributed by atoms with Crippen LogP contribution >= 0.6 is 24.4 Å². The molecule has 0 aliphatic heterocycles. The molecule has 1 radical (unpaired) electrons. The van der Waals surface area contributed by atoms with E-state index in [0.29, 0.717) is 11.1 Å². The summed E-state index contributed by atoms with van der Waals surface area (Å²) in [4.78, 5) is 7.91. The van der Waals surface area contributed by atoms with Crippen molar-refractivity contribution in [3.63, 3.8) is 0 Å². The molecule has 2 aromatic rings. The van der Waals surface area contributed by atoms with E-state index in [1.807, 2.05) is 0 Å². The zero-order chi connectivity index (χ0) is 15.1. The van der Waals surface area contributed by atoms with Gasteiger partial charge in [-0.15, -0.1) is 0 Å². The molecule has 0 bridgehead atoms. The summed E-state index contributed by atoms with van der Waals surface area (Å²) >= 11 is 9.13. The van der Waals surface area contributed by atoms with Gasteiger partial charge in [0.25, 0.3) is 0 Å². The molecule has 0 saturated heterocycles. The van der Waals surface area contributed by atoms with Crippen molar-refractivity contribution in [2.24, 2.45) is 0 Å². The third-order valence-corrected chi connectivity index (χ3v) is 2.91. The molecule has 0 unspecified atom stereocenters. The number of rotatable bonds is 2. The number of aliphatic hydroxyl groups excluding tert-OH is 2. The normalized spacial score (nSPS) is 8.86. The van der Waals surface area contributed by atoms with Gasteiger partial charge < -0.3 is 10.2 Å². The monoisotopic (exact) mass is 365 g/mol. The van der Waals surface area contributed by atoms with E-state index in [1.165, 1.54) is 0 Å². The molecule has 2 heterocycles. The quantitative estimate of drug-likeness (QED) is 0.797. The molecule has 2 rings (SSSR count). The van der Waals surface area contributed by atoms with Gasteiger partial charge in [0.15, 0.2) is 10.1 Å². The van der Waals surface area contributed by atoms with Crippen molar-refractivity contribution in [1.82, 2.24) is 9.97 Å². The molecule has 0 atom stereocenters. The number of pyridine rings is 2. The fourth-order valence-corrected chi connectivity index (χ4v) is 1.85. The summed E-state index contributed by atoms with van der Waals surface area (Å²) in [5.41, 5.74) is 2.79. The van der Waals surface area contributed by atoms with Gasteiger partial charge in [-0.05, 0) is 62.5 Å². The molecule has 113 valence electrons. The predicted octanol–water partition coefficient (Wildman–Crippen LogP) is 3.24. The smallest absolute Gasteiger partial charge is 0.190 e. The van der Waals surface area contributed by atoms with Crippen LogP contribution in [0.3, 0.4) is 0 Å². The van der Waals surface area contributed by atoms with E-state index in [4.69, 9.17) is 10.2 Å². The van der Waals surface area contributed by atoms with E-state index in [9.17, 15) is 0 Å². The average Bonchev–Trinajstić information content (AvgIpc) is 2.40. The molecule has 0 aliphatic rings. The summed E-state index contributed by atoms with van der Waals surface area (Å²) in [6.45, 7) is 3.61. The van der Waals surface area contributed by atoms with Crippen LogP contribution in [0.2, 0.25) is 0 Å². The molecule has 7 heteroatoms. The number of hydrogen-bond donors (Lipinski definition) is 2. The van der Waals surface area contributed by atoms with Gasteiger partial charge in [0.2, 0.25) is 0 Å². The minimum atomic E-state index is -0.0920. The van der Waals surface area contributed by atoms with Crippen molar-refractivity contribution in [1.29, 1.82) is 0 Å². The topological polar surface area (TPSA) is 66.2 Å². The minimum absolute atomic E-state index is 0. The third-order valence-electron chi connectivity index (χ3n) is 2.47. The Bertz CT molecular complexity index is 580. The van der Waals surface area contributed by atoms with Gasteiger partial charge in [0.1, 0.15) is 0 Å². The predicted molar refractivity (Wildman–Crippen MR) is 86.6 cm³/mol. The Hall–Kier alpha value is -1.41. The van der Waals surface area contributed by atoms with Gasteiger partial charge in [0.05, 0.1) is 0 Å². The van der Waals surface area contributed by atoms with Crippen molar-refractivity contribution < 1.29 is 27.0 Å². The zero-order valence-corrected chi connectivity index (χ0v) is 14.1. The average molecular weight is 365 g/mol. The van der Waals surface area contributed by atoms with Crippen LogP contribution in [0.1, 0.15) is 22.5 Å². The molecule has 0 spiro atoms. The zero-order valence-electron chi connectivity index (χ0n) is 11.4. The first-order chi connectivity index (χ1) is 9.43. The minimum Gasteiger partial charge on any atom is -0.498 e. The Labute approximate surface area is 144 Å². The van der Waals surface area contributed by atoms with E-state index in [2.05, 4.69) is 34.4 Å². The molecule has 0 aliphatic carbocycles.